The number of halogens is 1. The van der Waals surface area contributed by atoms with E-state index in [0.717, 1.165) is 17.0 Å². The maximum atomic E-state index is 12.3. The Balaban J connectivity index is 1.59. The first-order valence-electron chi connectivity index (χ1n) is 8.30. The molecular formula is C20H20ClN3O2. The molecule has 2 heterocycles. The molecule has 0 unspecified atom stereocenters. The SMILES string of the molecule is Cc1ccccc1OCCN(C)C(=O)/C=C/c1c(Cl)nc2ccccn12. The zero-order valence-corrected chi connectivity index (χ0v) is 15.5. The zero-order valence-electron chi connectivity index (χ0n) is 14.7. The van der Waals surface area contributed by atoms with Crippen LogP contribution in [0.1, 0.15) is 11.3 Å². The molecule has 1 amide bonds. The number of carbonyl (C=O) groups is 1. The maximum absolute atomic E-state index is 12.3. The molecule has 3 rings (SSSR count). The van der Waals surface area contributed by atoms with E-state index >= 15 is 0 Å². The average molecular weight is 370 g/mol. The van der Waals surface area contributed by atoms with Crippen LogP contribution in [0.4, 0.5) is 0 Å². The van der Waals surface area contributed by atoms with Crippen LogP contribution in [-0.2, 0) is 4.79 Å². The molecule has 0 aliphatic carbocycles. The Labute approximate surface area is 157 Å². The fourth-order valence-electron chi connectivity index (χ4n) is 2.53. The number of hydrogen-bond donors (Lipinski definition) is 0. The van der Waals surface area contributed by atoms with Gasteiger partial charge in [0.15, 0.2) is 5.15 Å². The number of benzene rings is 1. The van der Waals surface area contributed by atoms with Crippen molar-refractivity contribution in [1.29, 1.82) is 0 Å². The van der Waals surface area contributed by atoms with Crippen LogP contribution in [0.15, 0.2) is 54.7 Å². The number of fused-ring (bicyclic) bond motifs is 1. The molecule has 0 saturated heterocycles. The van der Waals surface area contributed by atoms with Crippen molar-refractivity contribution in [2.24, 2.45) is 0 Å². The molecule has 0 aliphatic heterocycles. The molecule has 26 heavy (non-hydrogen) atoms. The Morgan fingerprint density at radius 1 is 1.27 bits per heavy atom. The number of likely N-dealkylation sites (N-methyl/N-ethyl adjacent to an activating group) is 1. The third-order valence-corrected chi connectivity index (χ3v) is 4.34. The zero-order chi connectivity index (χ0) is 18.5. The standard InChI is InChI=1S/C20H20ClN3O2/c1-15-7-3-4-8-17(15)26-14-13-23(2)19(25)11-10-16-20(21)22-18-9-5-6-12-24(16)18/h3-12H,13-14H2,1-2H3/b11-10+. The third-order valence-electron chi connectivity index (χ3n) is 4.06. The van der Waals surface area contributed by atoms with E-state index in [1.165, 1.54) is 6.08 Å². The molecule has 5 nitrogen and oxygen atoms in total. The number of aryl methyl sites for hydroxylation is 1. The van der Waals surface area contributed by atoms with Crippen molar-refractivity contribution in [2.75, 3.05) is 20.2 Å². The lowest BCUT2D eigenvalue weighted by atomic mass is 10.2. The van der Waals surface area contributed by atoms with Crippen molar-refractivity contribution in [1.82, 2.24) is 14.3 Å². The Bertz CT molecular complexity index is 949. The van der Waals surface area contributed by atoms with Crippen LogP contribution < -0.4 is 4.74 Å². The van der Waals surface area contributed by atoms with E-state index in [0.29, 0.717) is 24.0 Å². The molecule has 1 aromatic carbocycles. The van der Waals surface area contributed by atoms with Crippen LogP contribution in [-0.4, -0.2) is 40.4 Å². The van der Waals surface area contributed by atoms with E-state index < -0.39 is 0 Å². The highest BCUT2D eigenvalue weighted by Crippen LogP contribution is 2.19. The number of pyridine rings is 1. The molecule has 6 heteroatoms. The van der Waals surface area contributed by atoms with Crippen molar-refractivity contribution in [3.8, 4) is 5.75 Å². The number of carbonyl (C=O) groups excluding carboxylic acids is 1. The summed E-state index contributed by atoms with van der Waals surface area (Å²) in [7, 11) is 1.74. The molecule has 134 valence electrons. The van der Waals surface area contributed by atoms with Gasteiger partial charge in [-0.3, -0.25) is 9.20 Å². The number of amides is 1. The maximum Gasteiger partial charge on any atom is 0.246 e. The molecule has 0 N–H and O–H groups in total. The van der Waals surface area contributed by atoms with Crippen LogP contribution in [0, 0.1) is 6.92 Å². The summed E-state index contributed by atoms with van der Waals surface area (Å²) >= 11 is 6.17. The van der Waals surface area contributed by atoms with Gasteiger partial charge in [0.05, 0.1) is 12.2 Å². The van der Waals surface area contributed by atoms with Gasteiger partial charge in [-0.2, -0.15) is 0 Å². The van der Waals surface area contributed by atoms with E-state index in [2.05, 4.69) is 4.98 Å². The summed E-state index contributed by atoms with van der Waals surface area (Å²) in [6.45, 7) is 2.91. The van der Waals surface area contributed by atoms with Gasteiger partial charge in [0.25, 0.3) is 0 Å². The Hall–Kier alpha value is -2.79. The summed E-state index contributed by atoms with van der Waals surface area (Å²) in [5.74, 6) is 0.710. The molecule has 0 saturated carbocycles. The van der Waals surface area contributed by atoms with Gasteiger partial charge in [-0.15, -0.1) is 0 Å². The monoisotopic (exact) mass is 369 g/mol. The molecule has 0 radical (unpaired) electrons. The first-order valence-corrected chi connectivity index (χ1v) is 8.68. The first kappa shape index (κ1) is 18.0. The van der Waals surface area contributed by atoms with Crippen LogP contribution in [0.5, 0.6) is 5.75 Å². The average Bonchev–Trinajstić information content (AvgIpc) is 2.96. The number of ether oxygens (including phenoxy) is 1. The third kappa shape index (κ3) is 4.06. The first-order chi connectivity index (χ1) is 12.6. The second-order valence-electron chi connectivity index (χ2n) is 5.92. The van der Waals surface area contributed by atoms with Crippen molar-refractivity contribution in [3.63, 3.8) is 0 Å². The van der Waals surface area contributed by atoms with Gasteiger partial charge in [-0.05, 0) is 36.8 Å². The van der Waals surface area contributed by atoms with E-state index in [9.17, 15) is 4.79 Å². The molecular weight excluding hydrogens is 350 g/mol. The second-order valence-corrected chi connectivity index (χ2v) is 6.28. The van der Waals surface area contributed by atoms with Crippen LogP contribution >= 0.6 is 11.6 Å². The highest BCUT2D eigenvalue weighted by molar-refractivity contribution is 6.31. The summed E-state index contributed by atoms with van der Waals surface area (Å²) in [4.78, 5) is 18.2. The van der Waals surface area contributed by atoms with E-state index in [1.807, 2.05) is 60.0 Å². The number of imidazole rings is 1. The van der Waals surface area contributed by atoms with E-state index in [1.54, 1.807) is 18.0 Å². The van der Waals surface area contributed by atoms with Gasteiger partial charge in [-0.25, -0.2) is 4.98 Å². The lowest BCUT2D eigenvalue weighted by Gasteiger charge is -2.16. The topological polar surface area (TPSA) is 46.8 Å². The normalized spacial score (nSPS) is 11.2. The Kier molecular flexibility index (Phi) is 5.58. The minimum atomic E-state index is -0.125. The highest BCUT2D eigenvalue weighted by Gasteiger charge is 2.09. The fourth-order valence-corrected chi connectivity index (χ4v) is 2.77. The summed E-state index contributed by atoms with van der Waals surface area (Å²) in [5, 5.41) is 0.366. The summed E-state index contributed by atoms with van der Waals surface area (Å²) in [6, 6.07) is 13.4. The number of hydrogen-bond acceptors (Lipinski definition) is 3. The molecule has 0 bridgehead atoms. The van der Waals surface area contributed by atoms with Crippen molar-refractivity contribution < 1.29 is 9.53 Å². The van der Waals surface area contributed by atoms with Gasteiger partial charge < -0.3 is 9.64 Å². The second kappa shape index (κ2) is 8.06. The quantitative estimate of drug-likeness (QED) is 0.620. The van der Waals surface area contributed by atoms with Crippen molar-refractivity contribution in [2.45, 2.75) is 6.92 Å². The van der Waals surface area contributed by atoms with Crippen molar-refractivity contribution in [3.05, 3.63) is 71.1 Å². The molecule has 0 spiro atoms. The molecule has 3 aromatic rings. The largest absolute Gasteiger partial charge is 0.491 e. The highest BCUT2D eigenvalue weighted by atomic mass is 35.5. The minimum Gasteiger partial charge on any atom is -0.491 e. The predicted molar refractivity (Wildman–Crippen MR) is 104 cm³/mol. The lowest BCUT2D eigenvalue weighted by molar-refractivity contribution is -0.125. The van der Waals surface area contributed by atoms with Crippen molar-refractivity contribution >= 4 is 29.2 Å². The molecule has 2 aromatic heterocycles. The Morgan fingerprint density at radius 3 is 2.85 bits per heavy atom. The fraction of sp³-hybridized carbons (Fsp3) is 0.200. The molecule has 0 atom stereocenters. The smallest absolute Gasteiger partial charge is 0.246 e. The van der Waals surface area contributed by atoms with Crippen LogP contribution in [0.25, 0.3) is 11.7 Å². The van der Waals surface area contributed by atoms with Crippen LogP contribution in [0.2, 0.25) is 5.15 Å². The predicted octanol–water partition coefficient (Wildman–Crippen LogP) is 3.85. The van der Waals surface area contributed by atoms with Gasteiger partial charge in [0.1, 0.15) is 18.0 Å². The van der Waals surface area contributed by atoms with E-state index in [-0.39, 0.29) is 5.91 Å². The van der Waals surface area contributed by atoms with Gasteiger partial charge >= 0.3 is 0 Å². The minimum absolute atomic E-state index is 0.125. The lowest BCUT2D eigenvalue weighted by Crippen LogP contribution is -2.29. The Morgan fingerprint density at radius 2 is 2.04 bits per heavy atom. The number of aromatic nitrogens is 2. The van der Waals surface area contributed by atoms with Crippen LogP contribution in [0.3, 0.4) is 0 Å². The number of para-hydroxylation sites is 1. The summed E-state index contributed by atoms with van der Waals surface area (Å²) in [5.41, 5.74) is 2.49. The summed E-state index contributed by atoms with van der Waals surface area (Å²) in [6.07, 6.45) is 5.04. The van der Waals surface area contributed by atoms with Gasteiger partial charge in [0.2, 0.25) is 5.91 Å². The van der Waals surface area contributed by atoms with Gasteiger partial charge in [-0.1, -0.05) is 35.9 Å². The molecule has 0 fully saturated rings. The van der Waals surface area contributed by atoms with E-state index in [4.69, 9.17) is 16.3 Å². The molecule has 0 aliphatic rings. The van der Waals surface area contributed by atoms with Gasteiger partial charge in [0, 0.05) is 19.3 Å². The number of nitrogens with zero attached hydrogens (tertiary/aromatic N) is 3. The summed E-state index contributed by atoms with van der Waals surface area (Å²) < 4.78 is 7.57. The number of rotatable bonds is 6.